The molecule has 0 saturated heterocycles. The minimum absolute atomic E-state index is 0.0451. The Morgan fingerprint density at radius 1 is 1.43 bits per heavy atom. The second-order valence-corrected chi connectivity index (χ2v) is 7.14. The highest BCUT2D eigenvalue weighted by atomic mass is 79.9. The smallest absolute Gasteiger partial charge is 0.338 e. The molecule has 6 nitrogen and oxygen atoms in total. The van der Waals surface area contributed by atoms with Crippen LogP contribution >= 0.6 is 15.9 Å². The minimum Gasteiger partial charge on any atom is -0.478 e. The quantitative estimate of drug-likeness (QED) is 0.878. The third kappa shape index (κ3) is 3.30. The average Bonchev–Trinajstić information content (AvgIpc) is 2.76. The Hall–Kier alpha value is -1.74. The van der Waals surface area contributed by atoms with E-state index < -0.39 is 37.8 Å². The molecule has 0 unspecified atom stereocenters. The standard InChI is InChI=1S/C12H9BrFNO5S/c1-6-2-8(20-15-6)5-21(18,19)10-4-7(13)3-9(11(10)14)12(16)17/h2-4H,5H2,1H3,(H,16,17). The van der Waals surface area contributed by atoms with Crippen LogP contribution in [0.25, 0.3) is 0 Å². The van der Waals surface area contributed by atoms with Crippen molar-refractivity contribution < 1.29 is 27.2 Å². The van der Waals surface area contributed by atoms with E-state index in [4.69, 9.17) is 9.63 Å². The molecule has 21 heavy (non-hydrogen) atoms. The van der Waals surface area contributed by atoms with Gasteiger partial charge in [0.05, 0.1) is 11.3 Å². The fourth-order valence-electron chi connectivity index (χ4n) is 1.70. The molecule has 2 aromatic rings. The van der Waals surface area contributed by atoms with Gasteiger partial charge in [0.1, 0.15) is 10.6 Å². The Kier molecular flexibility index (Phi) is 4.15. The number of carboxylic acids is 1. The maximum absolute atomic E-state index is 14.1. The van der Waals surface area contributed by atoms with Crippen molar-refractivity contribution in [2.75, 3.05) is 0 Å². The van der Waals surface area contributed by atoms with E-state index in [0.29, 0.717) is 5.69 Å². The van der Waals surface area contributed by atoms with Crippen molar-refractivity contribution in [1.29, 1.82) is 0 Å². The number of sulfone groups is 1. The van der Waals surface area contributed by atoms with Gasteiger partial charge in [0.2, 0.25) is 0 Å². The first-order chi connectivity index (χ1) is 9.70. The summed E-state index contributed by atoms with van der Waals surface area (Å²) in [6.45, 7) is 1.61. The van der Waals surface area contributed by atoms with E-state index in [1.165, 1.54) is 6.07 Å². The molecule has 0 fully saturated rings. The van der Waals surface area contributed by atoms with E-state index >= 15 is 0 Å². The number of rotatable bonds is 4. The van der Waals surface area contributed by atoms with Crippen molar-refractivity contribution in [3.8, 4) is 0 Å². The van der Waals surface area contributed by atoms with E-state index in [0.717, 1.165) is 12.1 Å². The Bertz CT molecular complexity index is 815. The lowest BCUT2D eigenvalue weighted by Gasteiger charge is -2.07. The average molecular weight is 378 g/mol. The Labute approximate surface area is 127 Å². The number of hydrogen-bond acceptors (Lipinski definition) is 5. The van der Waals surface area contributed by atoms with Gasteiger partial charge in [-0.3, -0.25) is 0 Å². The molecule has 0 atom stereocenters. The predicted molar refractivity (Wildman–Crippen MR) is 73.2 cm³/mol. The lowest BCUT2D eigenvalue weighted by molar-refractivity contribution is 0.0691. The number of hydrogen-bond donors (Lipinski definition) is 1. The number of halogens is 2. The molecule has 2 rings (SSSR count). The molecule has 0 aliphatic heterocycles. The van der Waals surface area contributed by atoms with Crippen LogP contribution < -0.4 is 0 Å². The summed E-state index contributed by atoms with van der Waals surface area (Å²) in [5, 5.41) is 12.4. The SMILES string of the molecule is Cc1cc(CS(=O)(=O)c2cc(Br)cc(C(=O)O)c2F)on1. The molecule has 0 radical (unpaired) electrons. The fraction of sp³-hybridized carbons (Fsp3) is 0.167. The van der Waals surface area contributed by atoms with Crippen molar-refractivity contribution >= 4 is 31.7 Å². The zero-order valence-electron chi connectivity index (χ0n) is 10.6. The number of benzene rings is 1. The van der Waals surface area contributed by atoms with Crippen LogP contribution in [0.2, 0.25) is 0 Å². The lowest BCUT2D eigenvalue weighted by Crippen LogP contribution is -2.11. The van der Waals surface area contributed by atoms with Crippen LogP contribution in [-0.4, -0.2) is 24.7 Å². The van der Waals surface area contributed by atoms with Gasteiger partial charge in [0, 0.05) is 10.5 Å². The highest BCUT2D eigenvalue weighted by Crippen LogP contribution is 2.27. The molecule has 0 spiro atoms. The van der Waals surface area contributed by atoms with Crippen LogP contribution in [0, 0.1) is 12.7 Å². The molecular weight excluding hydrogens is 369 g/mol. The largest absolute Gasteiger partial charge is 0.478 e. The van der Waals surface area contributed by atoms with Gasteiger partial charge in [-0.15, -0.1) is 0 Å². The van der Waals surface area contributed by atoms with Gasteiger partial charge < -0.3 is 9.63 Å². The molecule has 0 bridgehead atoms. The van der Waals surface area contributed by atoms with Crippen molar-refractivity contribution in [2.24, 2.45) is 0 Å². The van der Waals surface area contributed by atoms with Crippen LogP contribution in [0.1, 0.15) is 21.8 Å². The molecule has 1 N–H and O–H groups in total. The summed E-state index contributed by atoms with van der Waals surface area (Å²) < 4.78 is 43.5. The third-order valence-electron chi connectivity index (χ3n) is 2.58. The van der Waals surface area contributed by atoms with Crippen LogP contribution in [0.3, 0.4) is 0 Å². The second-order valence-electron chi connectivity index (χ2n) is 4.26. The molecule has 1 aromatic carbocycles. The van der Waals surface area contributed by atoms with Gasteiger partial charge in [-0.05, 0) is 19.1 Å². The van der Waals surface area contributed by atoms with Gasteiger partial charge >= 0.3 is 5.97 Å². The topological polar surface area (TPSA) is 97.5 Å². The summed E-state index contributed by atoms with van der Waals surface area (Å²) in [7, 11) is -4.11. The van der Waals surface area contributed by atoms with E-state index in [-0.39, 0.29) is 10.2 Å². The molecule has 1 heterocycles. The van der Waals surface area contributed by atoms with Crippen LogP contribution in [-0.2, 0) is 15.6 Å². The fourth-order valence-corrected chi connectivity index (χ4v) is 3.66. The second kappa shape index (κ2) is 5.57. The van der Waals surface area contributed by atoms with Crippen LogP contribution in [0.15, 0.2) is 32.1 Å². The monoisotopic (exact) mass is 377 g/mol. The maximum atomic E-state index is 14.1. The maximum Gasteiger partial charge on any atom is 0.338 e. The summed E-state index contributed by atoms with van der Waals surface area (Å²) in [6.07, 6.45) is 0. The number of carbonyl (C=O) groups is 1. The Morgan fingerprint density at radius 3 is 2.62 bits per heavy atom. The zero-order valence-corrected chi connectivity index (χ0v) is 13.0. The summed E-state index contributed by atoms with van der Waals surface area (Å²) in [4.78, 5) is 10.2. The van der Waals surface area contributed by atoms with E-state index in [1.54, 1.807) is 6.92 Å². The van der Waals surface area contributed by atoms with E-state index in [1.807, 2.05) is 0 Å². The number of aryl methyl sites for hydroxylation is 1. The summed E-state index contributed by atoms with van der Waals surface area (Å²) in [5.74, 6) is -3.42. The molecular formula is C12H9BrFNO5S. The highest BCUT2D eigenvalue weighted by molar-refractivity contribution is 9.10. The van der Waals surface area contributed by atoms with Crippen molar-refractivity contribution in [2.45, 2.75) is 17.6 Å². The first kappa shape index (κ1) is 15.6. The number of carboxylic acid groups (broad SMARTS) is 1. The summed E-state index contributed by atoms with van der Waals surface area (Å²) in [5.41, 5.74) is -0.238. The zero-order chi connectivity index (χ0) is 15.8. The van der Waals surface area contributed by atoms with Crippen LogP contribution in [0.4, 0.5) is 4.39 Å². The number of nitrogens with zero attached hydrogens (tertiary/aromatic N) is 1. The predicted octanol–water partition coefficient (Wildman–Crippen LogP) is 2.56. The minimum atomic E-state index is -4.11. The van der Waals surface area contributed by atoms with Gasteiger partial charge in [0.15, 0.2) is 21.4 Å². The molecule has 0 saturated carbocycles. The summed E-state index contributed by atoms with van der Waals surface area (Å²) in [6, 6.07) is 3.42. The van der Waals surface area contributed by atoms with E-state index in [2.05, 4.69) is 21.1 Å². The van der Waals surface area contributed by atoms with Crippen molar-refractivity contribution in [3.05, 3.63) is 45.5 Å². The van der Waals surface area contributed by atoms with Gasteiger partial charge in [-0.1, -0.05) is 21.1 Å². The Morgan fingerprint density at radius 2 is 2.10 bits per heavy atom. The molecule has 9 heteroatoms. The summed E-state index contributed by atoms with van der Waals surface area (Å²) >= 11 is 2.97. The molecule has 0 aliphatic carbocycles. The van der Waals surface area contributed by atoms with E-state index in [9.17, 15) is 17.6 Å². The number of aromatic carboxylic acids is 1. The first-order valence-electron chi connectivity index (χ1n) is 5.58. The van der Waals surface area contributed by atoms with Gasteiger partial charge in [-0.2, -0.15) is 0 Å². The first-order valence-corrected chi connectivity index (χ1v) is 8.02. The van der Waals surface area contributed by atoms with Crippen molar-refractivity contribution in [3.63, 3.8) is 0 Å². The molecule has 1 aromatic heterocycles. The molecule has 112 valence electrons. The molecule has 0 aliphatic rings. The normalized spacial score (nSPS) is 11.6. The van der Waals surface area contributed by atoms with Gasteiger partial charge in [0.25, 0.3) is 0 Å². The highest BCUT2D eigenvalue weighted by Gasteiger charge is 2.26. The third-order valence-corrected chi connectivity index (χ3v) is 4.67. The van der Waals surface area contributed by atoms with Gasteiger partial charge in [-0.25, -0.2) is 17.6 Å². The number of aromatic nitrogens is 1. The van der Waals surface area contributed by atoms with Crippen molar-refractivity contribution in [1.82, 2.24) is 5.16 Å². The molecule has 0 amide bonds. The Balaban J connectivity index is 2.52. The van der Waals surface area contributed by atoms with Crippen LogP contribution in [0.5, 0.6) is 0 Å². The lowest BCUT2D eigenvalue weighted by atomic mass is 10.2.